The van der Waals surface area contributed by atoms with E-state index in [9.17, 15) is 19.8 Å². The molecule has 11 nitrogen and oxygen atoms in total. The lowest BCUT2D eigenvalue weighted by Gasteiger charge is -2.62. The normalized spacial score (nSPS) is 28.6. The van der Waals surface area contributed by atoms with E-state index < -0.39 is 24.2 Å². The number of nitrogens with one attached hydrogen (secondary N) is 2. The highest BCUT2D eigenvalue weighted by Gasteiger charge is 2.57. The fourth-order valence-corrected chi connectivity index (χ4v) is 9.91. The van der Waals surface area contributed by atoms with Crippen molar-refractivity contribution in [1.82, 2.24) is 20.6 Å². The van der Waals surface area contributed by atoms with Gasteiger partial charge in [-0.1, -0.05) is 52.8 Å². The molecule has 7 rings (SSSR count). The van der Waals surface area contributed by atoms with E-state index in [0.717, 1.165) is 41.6 Å². The van der Waals surface area contributed by atoms with Crippen molar-refractivity contribution in [3.63, 3.8) is 0 Å². The smallest absolute Gasteiger partial charge is 0.255 e. The summed E-state index contributed by atoms with van der Waals surface area (Å²) >= 11 is 0. The fourth-order valence-electron chi connectivity index (χ4n) is 9.91. The number of ether oxygens (including phenoxy) is 2. The minimum absolute atomic E-state index is 0.0197. The number of hydrogen-bond acceptors (Lipinski definition) is 9. The van der Waals surface area contributed by atoms with Crippen LogP contribution in [-0.2, 0) is 22.6 Å². The van der Waals surface area contributed by atoms with Gasteiger partial charge in [0.15, 0.2) is 0 Å². The van der Waals surface area contributed by atoms with Gasteiger partial charge in [-0.05, 0) is 92.6 Å². The summed E-state index contributed by atoms with van der Waals surface area (Å²) in [5.41, 5.74) is 4.14. The standard InChI is InChI=1S/C42H62N4O7/c1-23(2)15-30(21-45(7)8)43-40(49)32-17-28(16-26-13-14-52-39(26)32)31-12-10-11-27(38(31)51-9)20-46-37(36(25(4)48)35(22-47)53-46)41(50)44-34-19-29-18-33(24(34)3)42(29,5)6/h10-12,16-17,23-25,29-30,33-37,47-48H,13-15,18-22H2,1-9H3,(H,43,49)(H,44,50)/t24-,25-,29?,30-,33-,34-,35-,36+,37-/m0/s1. The van der Waals surface area contributed by atoms with Crippen LogP contribution in [0.3, 0.4) is 0 Å². The Labute approximate surface area is 315 Å². The maximum Gasteiger partial charge on any atom is 0.255 e. The first-order valence-corrected chi connectivity index (χ1v) is 19.6. The number of rotatable bonds is 14. The number of carbonyl (C=O) groups is 2. The third-order valence-electron chi connectivity index (χ3n) is 12.7. The number of carbonyl (C=O) groups excluding carboxylic acids is 2. The third kappa shape index (κ3) is 7.83. The first-order valence-electron chi connectivity index (χ1n) is 19.6. The summed E-state index contributed by atoms with van der Waals surface area (Å²) in [6.45, 7) is 14.0. The number of para-hydroxylation sites is 1. The van der Waals surface area contributed by atoms with Crippen LogP contribution < -0.4 is 20.1 Å². The zero-order valence-electron chi connectivity index (χ0n) is 33.1. The summed E-state index contributed by atoms with van der Waals surface area (Å²) in [7, 11) is 5.64. The van der Waals surface area contributed by atoms with E-state index in [1.807, 2.05) is 38.4 Å². The van der Waals surface area contributed by atoms with Crippen LogP contribution in [0.5, 0.6) is 11.5 Å². The summed E-state index contributed by atoms with van der Waals surface area (Å²) < 4.78 is 12.1. The van der Waals surface area contributed by atoms with Crippen molar-refractivity contribution in [2.24, 2.45) is 35.0 Å². The second-order valence-corrected chi connectivity index (χ2v) is 17.4. The first-order chi connectivity index (χ1) is 25.1. The highest BCUT2D eigenvalue weighted by atomic mass is 16.7. The molecule has 4 fully saturated rings. The second-order valence-electron chi connectivity index (χ2n) is 17.4. The quantitative estimate of drug-likeness (QED) is 0.219. The van der Waals surface area contributed by atoms with E-state index in [2.05, 4.69) is 56.2 Å². The van der Waals surface area contributed by atoms with Gasteiger partial charge in [0.05, 0.1) is 38.5 Å². The van der Waals surface area contributed by atoms with Crippen LogP contribution in [0.15, 0.2) is 30.3 Å². The zero-order chi connectivity index (χ0) is 38.4. The molecule has 2 aliphatic heterocycles. The average Bonchev–Trinajstić information content (AvgIpc) is 3.72. The molecule has 1 unspecified atom stereocenters. The van der Waals surface area contributed by atoms with Crippen molar-refractivity contribution in [2.75, 3.05) is 41.0 Å². The lowest BCUT2D eigenvalue weighted by atomic mass is 9.45. The molecule has 0 spiro atoms. The minimum atomic E-state index is -0.895. The number of amides is 2. The molecule has 2 bridgehead atoms. The van der Waals surface area contributed by atoms with Gasteiger partial charge >= 0.3 is 0 Å². The highest BCUT2D eigenvalue weighted by molar-refractivity contribution is 5.99. The molecular weight excluding hydrogens is 672 g/mol. The Hall–Kier alpha value is -3.22. The Kier molecular flexibility index (Phi) is 11.8. The highest BCUT2D eigenvalue weighted by Crippen LogP contribution is 2.61. The number of fused-ring (bicyclic) bond motifs is 3. The van der Waals surface area contributed by atoms with Crippen LogP contribution >= 0.6 is 0 Å². The van der Waals surface area contributed by atoms with Gasteiger partial charge in [0, 0.05) is 42.1 Å². The van der Waals surface area contributed by atoms with Crippen LogP contribution in [0.25, 0.3) is 11.1 Å². The van der Waals surface area contributed by atoms with Crippen molar-refractivity contribution >= 4 is 11.8 Å². The molecule has 9 atom stereocenters. The minimum Gasteiger partial charge on any atom is -0.496 e. The van der Waals surface area contributed by atoms with Crippen molar-refractivity contribution in [1.29, 1.82) is 0 Å². The topological polar surface area (TPSA) is 133 Å². The molecule has 1 saturated heterocycles. The lowest BCUT2D eigenvalue weighted by Crippen LogP contribution is -2.62. The second kappa shape index (κ2) is 15.9. The Morgan fingerprint density at radius 3 is 2.53 bits per heavy atom. The number of benzene rings is 2. The zero-order valence-corrected chi connectivity index (χ0v) is 33.1. The predicted molar refractivity (Wildman–Crippen MR) is 204 cm³/mol. The molecule has 2 aromatic rings. The van der Waals surface area contributed by atoms with Gasteiger partial charge in [-0.25, -0.2) is 0 Å². The fraction of sp³-hybridized carbons (Fsp3) is 0.667. The molecule has 2 heterocycles. The van der Waals surface area contributed by atoms with E-state index in [1.54, 1.807) is 19.1 Å². The summed E-state index contributed by atoms with van der Waals surface area (Å²) in [4.78, 5) is 36.6. The van der Waals surface area contributed by atoms with Crippen molar-refractivity contribution in [3.05, 3.63) is 47.0 Å². The largest absolute Gasteiger partial charge is 0.496 e. The number of hydrogen-bond donors (Lipinski definition) is 4. The number of likely N-dealkylation sites (N-methyl/N-ethyl adjacent to an activating group) is 1. The van der Waals surface area contributed by atoms with E-state index in [-0.39, 0.29) is 42.5 Å². The molecule has 53 heavy (non-hydrogen) atoms. The summed E-state index contributed by atoms with van der Waals surface area (Å²) in [6, 6.07) is 8.99. The molecular formula is C42H62N4O7. The maximum atomic E-state index is 14.3. The van der Waals surface area contributed by atoms with E-state index in [0.29, 0.717) is 53.8 Å². The van der Waals surface area contributed by atoms with E-state index in [4.69, 9.17) is 14.3 Å². The van der Waals surface area contributed by atoms with Crippen LogP contribution in [0.2, 0.25) is 0 Å². The lowest BCUT2D eigenvalue weighted by molar-refractivity contribution is -0.183. The number of nitrogens with zero attached hydrogens (tertiary/aromatic N) is 2. The van der Waals surface area contributed by atoms with Crippen LogP contribution in [0.1, 0.15) is 82.3 Å². The molecule has 0 radical (unpaired) electrons. The van der Waals surface area contributed by atoms with Gasteiger partial charge in [0.25, 0.3) is 5.91 Å². The Balaban J connectivity index is 1.29. The Morgan fingerprint density at radius 1 is 1.15 bits per heavy atom. The van der Waals surface area contributed by atoms with Crippen molar-refractivity contribution < 1.29 is 34.1 Å². The number of methoxy groups -OCH3 is 1. The van der Waals surface area contributed by atoms with Crippen LogP contribution in [-0.4, -0.2) is 103 Å². The number of aliphatic hydroxyl groups is 2. The van der Waals surface area contributed by atoms with Gasteiger partial charge < -0.3 is 35.2 Å². The van der Waals surface area contributed by atoms with Crippen molar-refractivity contribution in [2.45, 2.75) is 104 Å². The maximum absolute atomic E-state index is 14.3. The monoisotopic (exact) mass is 734 g/mol. The molecule has 4 N–H and O–H groups in total. The molecule has 0 aromatic heterocycles. The van der Waals surface area contributed by atoms with Gasteiger partial charge in [-0.3, -0.25) is 14.4 Å². The van der Waals surface area contributed by atoms with E-state index >= 15 is 0 Å². The molecule has 2 amide bonds. The van der Waals surface area contributed by atoms with Gasteiger partial charge in [-0.2, -0.15) is 5.06 Å². The van der Waals surface area contributed by atoms with Gasteiger partial charge in [-0.15, -0.1) is 0 Å². The number of aliphatic hydroxyl groups excluding tert-OH is 2. The molecule has 3 aliphatic carbocycles. The summed E-state index contributed by atoms with van der Waals surface area (Å²) in [5, 5.41) is 29.5. The summed E-state index contributed by atoms with van der Waals surface area (Å²) in [5.74, 6) is 2.11. The predicted octanol–water partition coefficient (Wildman–Crippen LogP) is 4.66. The third-order valence-corrected chi connectivity index (χ3v) is 12.7. The van der Waals surface area contributed by atoms with Crippen LogP contribution in [0, 0.1) is 35.0 Å². The molecule has 2 aromatic carbocycles. The molecule has 292 valence electrons. The van der Waals surface area contributed by atoms with Crippen LogP contribution in [0.4, 0.5) is 0 Å². The van der Waals surface area contributed by atoms with E-state index in [1.165, 1.54) is 6.42 Å². The SMILES string of the molecule is COc1c(CN2O[C@@H](CO)[C@@H]([C@H](C)O)[C@H]2C(=O)N[C@H]2CC3C[C@@H]([C@@H]2C)C3(C)C)cccc1-c1cc2c(c(C(=O)N[C@@H](CC(C)C)CN(C)C)c1)OCC2. The number of hydroxylamine groups is 2. The van der Waals surface area contributed by atoms with Gasteiger partial charge in [0.1, 0.15) is 23.6 Å². The Morgan fingerprint density at radius 2 is 1.91 bits per heavy atom. The van der Waals surface area contributed by atoms with Crippen molar-refractivity contribution in [3.8, 4) is 22.6 Å². The molecule has 3 saturated carbocycles. The first kappa shape index (κ1) is 39.5. The average molecular weight is 735 g/mol. The van der Waals surface area contributed by atoms with Gasteiger partial charge in [0.2, 0.25) is 5.91 Å². The molecule has 11 heteroatoms. The summed E-state index contributed by atoms with van der Waals surface area (Å²) in [6.07, 6.45) is 2.04. The Bertz CT molecular complexity index is 1630. The molecule has 5 aliphatic rings.